The first-order valence-electron chi connectivity index (χ1n) is 6.28. The van der Waals surface area contributed by atoms with Crippen molar-refractivity contribution in [3.05, 3.63) is 59.1 Å². The Balaban J connectivity index is 1.75. The zero-order valence-corrected chi connectivity index (χ0v) is 11.6. The lowest BCUT2D eigenvalue weighted by Crippen LogP contribution is -2.06. The van der Waals surface area contributed by atoms with Crippen molar-refractivity contribution in [3.8, 4) is 0 Å². The predicted molar refractivity (Wildman–Crippen MR) is 78.4 cm³/mol. The van der Waals surface area contributed by atoms with Gasteiger partial charge in [0.15, 0.2) is 0 Å². The van der Waals surface area contributed by atoms with E-state index in [2.05, 4.69) is 10.3 Å². The van der Waals surface area contributed by atoms with Crippen molar-refractivity contribution < 1.29 is 13.2 Å². The molecule has 0 unspecified atom stereocenters. The molecule has 21 heavy (non-hydrogen) atoms. The lowest BCUT2D eigenvalue weighted by atomic mass is 10.2. The van der Waals surface area contributed by atoms with E-state index in [1.807, 2.05) is 24.3 Å². The van der Waals surface area contributed by atoms with Crippen LogP contribution in [0.5, 0.6) is 0 Å². The highest BCUT2D eigenvalue weighted by molar-refractivity contribution is 7.18. The molecule has 1 aromatic heterocycles. The van der Waals surface area contributed by atoms with Crippen molar-refractivity contribution >= 4 is 27.2 Å². The molecule has 0 saturated heterocycles. The molecule has 3 rings (SSSR count). The monoisotopic (exact) mass is 308 g/mol. The van der Waals surface area contributed by atoms with Gasteiger partial charge >= 0.3 is 6.18 Å². The Morgan fingerprint density at radius 1 is 1.05 bits per heavy atom. The van der Waals surface area contributed by atoms with E-state index in [-0.39, 0.29) is 0 Å². The van der Waals surface area contributed by atoms with Crippen LogP contribution in [-0.2, 0) is 12.7 Å². The van der Waals surface area contributed by atoms with E-state index in [1.54, 1.807) is 6.07 Å². The Morgan fingerprint density at radius 2 is 1.86 bits per heavy atom. The van der Waals surface area contributed by atoms with Crippen molar-refractivity contribution in [1.82, 2.24) is 4.98 Å². The summed E-state index contributed by atoms with van der Waals surface area (Å²) in [7, 11) is 0. The maximum absolute atomic E-state index is 12.6. The lowest BCUT2D eigenvalue weighted by Gasteiger charge is -2.09. The third-order valence-corrected chi connectivity index (χ3v) is 4.01. The fraction of sp³-hybridized carbons (Fsp3) is 0.133. The zero-order chi connectivity index (χ0) is 14.9. The standard InChI is InChI=1S/C15H11F3N2S/c16-15(17,18)10-4-3-5-11(8-10)19-9-14-20-12-6-1-2-7-13(12)21-14/h1-8,19H,9H2. The summed E-state index contributed by atoms with van der Waals surface area (Å²) in [5.41, 5.74) is 0.684. The quantitative estimate of drug-likeness (QED) is 0.742. The minimum atomic E-state index is -4.33. The van der Waals surface area contributed by atoms with E-state index >= 15 is 0 Å². The van der Waals surface area contributed by atoms with Gasteiger partial charge in [-0.15, -0.1) is 11.3 Å². The summed E-state index contributed by atoms with van der Waals surface area (Å²) in [5, 5.41) is 3.82. The van der Waals surface area contributed by atoms with Crippen LogP contribution in [0, 0.1) is 0 Å². The number of halogens is 3. The molecule has 108 valence electrons. The van der Waals surface area contributed by atoms with E-state index < -0.39 is 11.7 Å². The van der Waals surface area contributed by atoms with Gasteiger partial charge in [0.05, 0.1) is 22.3 Å². The Bertz CT molecular complexity index is 732. The number of anilines is 1. The molecule has 2 aromatic carbocycles. The van der Waals surface area contributed by atoms with Crippen LogP contribution < -0.4 is 5.32 Å². The van der Waals surface area contributed by atoms with Crippen molar-refractivity contribution in [2.45, 2.75) is 12.7 Å². The van der Waals surface area contributed by atoms with Crippen molar-refractivity contribution in [2.24, 2.45) is 0 Å². The van der Waals surface area contributed by atoms with E-state index in [1.165, 1.54) is 17.4 Å². The summed E-state index contributed by atoms with van der Waals surface area (Å²) in [4.78, 5) is 4.43. The highest BCUT2D eigenvalue weighted by Gasteiger charge is 2.30. The van der Waals surface area contributed by atoms with Crippen LogP contribution in [0.25, 0.3) is 10.2 Å². The summed E-state index contributed by atoms with van der Waals surface area (Å²) in [5.74, 6) is 0. The molecule has 0 aliphatic rings. The van der Waals surface area contributed by atoms with Gasteiger partial charge in [-0.25, -0.2) is 4.98 Å². The first kappa shape index (κ1) is 13.9. The van der Waals surface area contributed by atoms with Crippen LogP contribution in [0.2, 0.25) is 0 Å². The maximum atomic E-state index is 12.6. The van der Waals surface area contributed by atoms with Gasteiger partial charge in [-0.05, 0) is 30.3 Å². The molecule has 6 heteroatoms. The number of thiazole rings is 1. The molecule has 0 aliphatic heterocycles. The van der Waals surface area contributed by atoms with Crippen LogP contribution in [0.1, 0.15) is 10.6 Å². The predicted octanol–water partition coefficient (Wildman–Crippen LogP) is 4.93. The minimum Gasteiger partial charge on any atom is -0.379 e. The highest BCUT2D eigenvalue weighted by atomic mass is 32.1. The summed E-state index contributed by atoms with van der Waals surface area (Å²) < 4.78 is 39.0. The van der Waals surface area contributed by atoms with Crippen LogP contribution in [0.4, 0.5) is 18.9 Å². The highest BCUT2D eigenvalue weighted by Crippen LogP contribution is 2.31. The van der Waals surface area contributed by atoms with Crippen LogP contribution >= 0.6 is 11.3 Å². The van der Waals surface area contributed by atoms with Gasteiger partial charge in [0.25, 0.3) is 0 Å². The molecular weight excluding hydrogens is 297 g/mol. The SMILES string of the molecule is FC(F)(F)c1cccc(NCc2nc3ccccc3s2)c1. The number of nitrogens with one attached hydrogen (secondary N) is 1. The fourth-order valence-electron chi connectivity index (χ4n) is 1.98. The molecule has 0 amide bonds. The van der Waals surface area contributed by atoms with Crippen LogP contribution in [0.15, 0.2) is 48.5 Å². The molecule has 0 bridgehead atoms. The largest absolute Gasteiger partial charge is 0.416 e. The molecule has 2 nitrogen and oxygen atoms in total. The van der Waals surface area contributed by atoms with Gasteiger partial charge in [-0.2, -0.15) is 13.2 Å². The molecule has 0 spiro atoms. The second kappa shape index (κ2) is 5.37. The maximum Gasteiger partial charge on any atom is 0.416 e. The second-order valence-electron chi connectivity index (χ2n) is 4.51. The Morgan fingerprint density at radius 3 is 2.62 bits per heavy atom. The number of hydrogen-bond donors (Lipinski definition) is 1. The third kappa shape index (κ3) is 3.16. The first-order valence-corrected chi connectivity index (χ1v) is 7.09. The molecule has 0 saturated carbocycles. The fourth-order valence-corrected chi connectivity index (χ4v) is 2.89. The molecule has 1 heterocycles. The average Bonchev–Trinajstić information content (AvgIpc) is 2.87. The van der Waals surface area contributed by atoms with Crippen molar-refractivity contribution in [2.75, 3.05) is 5.32 Å². The smallest absolute Gasteiger partial charge is 0.379 e. The summed E-state index contributed by atoms with van der Waals surface area (Å²) in [6.07, 6.45) is -4.33. The van der Waals surface area contributed by atoms with Gasteiger partial charge in [0.1, 0.15) is 5.01 Å². The molecular formula is C15H11F3N2S. The number of nitrogens with zero attached hydrogens (tertiary/aromatic N) is 1. The van der Waals surface area contributed by atoms with Crippen molar-refractivity contribution in [3.63, 3.8) is 0 Å². The van der Waals surface area contributed by atoms with Crippen molar-refractivity contribution in [1.29, 1.82) is 0 Å². The Labute approximate surface area is 123 Å². The third-order valence-electron chi connectivity index (χ3n) is 2.97. The number of hydrogen-bond acceptors (Lipinski definition) is 3. The molecule has 1 N–H and O–H groups in total. The van der Waals surface area contributed by atoms with Crippen LogP contribution in [-0.4, -0.2) is 4.98 Å². The van der Waals surface area contributed by atoms with Gasteiger partial charge < -0.3 is 5.32 Å². The van der Waals surface area contributed by atoms with E-state index in [0.717, 1.165) is 27.4 Å². The topological polar surface area (TPSA) is 24.9 Å². The van der Waals surface area contributed by atoms with E-state index in [9.17, 15) is 13.2 Å². The van der Waals surface area contributed by atoms with Crippen LogP contribution in [0.3, 0.4) is 0 Å². The normalized spacial score (nSPS) is 11.8. The summed E-state index contributed by atoms with van der Waals surface area (Å²) in [6, 6.07) is 12.9. The Kier molecular flexibility index (Phi) is 3.55. The zero-order valence-electron chi connectivity index (χ0n) is 10.8. The van der Waals surface area contributed by atoms with Gasteiger partial charge in [-0.3, -0.25) is 0 Å². The average molecular weight is 308 g/mol. The summed E-state index contributed by atoms with van der Waals surface area (Å²) >= 11 is 1.53. The molecule has 0 aliphatic carbocycles. The number of rotatable bonds is 3. The second-order valence-corrected chi connectivity index (χ2v) is 5.62. The number of benzene rings is 2. The number of para-hydroxylation sites is 1. The van der Waals surface area contributed by atoms with Gasteiger partial charge in [0.2, 0.25) is 0 Å². The number of aromatic nitrogens is 1. The molecule has 3 aromatic rings. The van der Waals surface area contributed by atoms with E-state index in [0.29, 0.717) is 12.2 Å². The number of alkyl halides is 3. The lowest BCUT2D eigenvalue weighted by molar-refractivity contribution is -0.137. The van der Waals surface area contributed by atoms with E-state index in [4.69, 9.17) is 0 Å². The molecule has 0 radical (unpaired) electrons. The minimum absolute atomic E-state index is 0.403. The summed E-state index contributed by atoms with van der Waals surface area (Å²) in [6.45, 7) is 0.403. The van der Waals surface area contributed by atoms with Gasteiger partial charge in [0, 0.05) is 5.69 Å². The number of fused-ring (bicyclic) bond motifs is 1. The molecule has 0 atom stereocenters. The molecule has 0 fully saturated rings. The first-order chi connectivity index (χ1) is 10.0. The Hall–Kier alpha value is -2.08. The van der Waals surface area contributed by atoms with Gasteiger partial charge in [-0.1, -0.05) is 18.2 Å².